The average Bonchev–Trinajstić information content (AvgIpc) is 3.28. The second kappa shape index (κ2) is 14.8. The minimum Gasteiger partial charge on any atom is -0.504 e. The molecule has 7 atom stereocenters. The average molecular weight is 953 g/mol. The molecule has 4 heterocycles. The molecule has 0 saturated carbocycles. The molecule has 0 radical (unpaired) electrons. The number of carbonyl (C=O) groups excluding carboxylic acids is 6. The number of cyclic esters (lactones) is 1. The van der Waals surface area contributed by atoms with E-state index in [4.69, 9.17) is 33.2 Å². The number of hydrogen-bond acceptors (Lipinski definition) is 27. The number of ether oxygens (including phenoxy) is 7. The Morgan fingerprint density at radius 3 is 1.68 bits per heavy atom. The van der Waals surface area contributed by atoms with Gasteiger partial charge < -0.3 is 105 Å². The summed E-state index contributed by atoms with van der Waals surface area (Å²) in [6.45, 7) is -1.31. The van der Waals surface area contributed by atoms with Gasteiger partial charge in [-0.05, 0) is 36.4 Å². The first-order valence-electron chi connectivity index (χ1n) is 19.1. The lowest BCUT2D eigenvalue weighted by Crippen LogP contribution is -2.70. The van der Waals surface area contributed by atoms with Gasteiger partial charge in [-0.25, -0.2) is 24.0 Å². The van der Waals surface area contributed by atoms with Gasteiger partial charge in [0.05, 0.1) is 33.7 Å². The smallest absolute Gasteiger partial charge is 0.340 e. The summed E-state index contributed by atoms with van der Waals surface area (Å²) in [6, 6.07) is 2.32. The molecule has 0 spiro atoms. The molecule has 68 heavy (non-hydrogen) atoms. The third kappa shape index (κ3) is 6.21. The van der Waals surface area contributed by atoms with E-state index in [1.807, 2.05) is 0 Å². The van der Waals surface area contributed by atoms with E-state index in [1.165, 1.54) is 0 Å². The molecule has 0 amide bonds. The van der Waals surface area contributed by atoms with E-state index in [9.17, 15) is 100 Å². The van der Waals surface area contributed by atoms with E-state index < -0.39 is 204 Å². The third-order valence-electron chi connectivity index (χ3n) is 11.5. The maximum absolute atomic E-state index is 14.6. The summed E-state index contributed by atoms with van der Waals surface area (Å²) in [7, 11) is 0. The molecule has 354 valence electrons. The maximum Gasteiger partial charge on any atom is 0.340 e. The molecule has 6 bridgehead atoms. The van der Waals surface area contributed by atoms with Crippen LogP contribution < -0.4 is 4.74 Å². The molecule has 1 fully saturated rings. The Balaban J connectivity index is 1.30. The van der Waals surface area contributed by atoms with Crippen LogP contribution in [0.5, 0.6) is 69.0 Å². The van der Waals surface area contributed by atoms with Gasteiger partial charge >= 0.3 is 35.6 Å². The van der Waals surface area contributed by atoms with E-state index in [0.29, 0.717) is 30.3 Å². The first-order valence-corrected chi connectivity index (χ1v) is 19.1. The highest BCUT2D eigenvalue weighted by Gasteiger charge is 2.70. The van der Waals surface area contributed by atoms with Crippen LogP contribution in [0.2, 0.25) is 0 Å². The highest BCUT2D eigenvalue weighted by molar-refractivity contribution is 6.10. The third-order valence-corrected chi connectivity index (χ3v) is 11.5. The summed E-state index contributed by atoms with van der Waals surface area (Å²) in [5.74, 6) is -36.5. The molecule has 3 unspecified atom stereocenters. The number of aromatic hydroxyl groups is 11. The van der Waals surface area contributed by atoms with Crippen LogP contribution in [0.4, 0.5) is 0 Å². The van der Waals surface area contributed by atoms with Crippen LogP contribution in [0, 0.1) is 0 Å². The van der Waals surface area contributed by atoms with Crippen molar-refractivity contribution in [1.82, 2.24) is 0 Å². The lowest BCUT2D eigenvalue weighted by Gasteiger charge is -2.49. The van der Waals surface area contributed by atoms with Crippen LogP contribution in [0.15, 0.2) is 42.0 Å². The van der Waals surface area contributed by atoms with Gasteiger partial charge in [0.15, 0.2) is 64.0 Å². The number of carbonyl (C=O) groups is 6. The first kappa shape index (κ1) is 44.3. The second-order valence-corrected chi connectivity index (χ2v) is 15.5. The van der Waals surface area contributed by atoms with Gasteiger partial charge in [-0.15, -0.1) is 0 Å². The Bertz CT molecular complexity index is 3020. The molecular weight excluding hydrogens is 924 g/mol. The summed E-state index contributed by atoms with van der Waals surface area (Å²) in [6.07, 6.45) is -12.1. The van der Waals surface area contributed by atoms with Gasteiger partial charge in [-0.1, -0.05) is 0 Å². The number of rotatable bonds is 2. The highest BCUT2D eigenvalue weighted by Crippen LogP contribution is 2.59. The van der Waals surface area contributed by atoms with Gasteiger partial charge in [0.1, 0.15) is 12.7 Å². The summed E-state index contributed by atoms with van der Waals surface area (Å²) in [4.78, 5) is 84.8. The first-order chi connectivity index (χ1) is 31.9. The van der Waals surface area contributed by atoms with Gasteiger partial charge in [0, 0.05) is 16.7 Å². The molecule has 14 N–H and O–H groups in total. The Labute approximate surface area is 373 Å². The standard InChI is InChI=1S/C41H28O27/c42-13-1-8(2-14(43)24(13)48)34(54)67-39-33-32-30(64-38(58)12-6-19(47)41(61)40(59,60)23(12)22-11(37(57)66-33)5-17(46)27(51)31(22)68-41)18(63-39)7-62-35(55)9-3-15(44)25(49)28(52)20(9)21-10(36(56)65-32)4-16(45)26(50)29(21)53/h1-6,18,23,30,32-33,39,42-46,48-53,59-61H,7H2/t18-,23?,30-,32+,33-,39?,41?/m0/s1. The van der Waals surface area contributed by atoms with Crippen LogP contribution in [0.3, 0.4) is 0 Å². The van der Waals surface area contributed by atoms with Crippen molar-refractivity contribution in [3.05, 3.63) is 69.8 Å². The lowest BCUT2D eigenvalue weighted by atomic mass is 9.70. The van der Waals surface area contributed by atoms with Crippen LogP contribution in [-0.4, -0.2) is 156 Å². The SMILES string of the molecule is O=C1O[C@@H]2[C@H]3OC(=O)c4cc(O)c(O)c(O)c4-c4c(cc(O)c(O)c4O)C(=O)OC[C@@H]2OC(OC(=O)c2cc(O)c(O)c(O)c2)[C@H]3OC(=O)c2cc(O)c(O)c3c2C2C1=CC(=O)C(O)(O3)C2(O)O. The van der Waals surface area contributed by atoms with Crippen molar-refractivity contribution in [1.29, 1.82) is 0 Å². The monoisotopic (exact) mass is 952 g/mol. The van der Waals surface area contributed by atoms with E-state index >= 15 is 0 Å². The number of benzene rings is 4. The molecule has 27 nitrogen and oxygen atoms in total. The fourth-order valence-corrected chi connectivity index (χ4v) is 8.25. The Kier molecular flexibility index (Phi) is 9.64. The second-order valence-electron chi connectivity index (χ2n) is 15.5. The number of hydrogen-bond donors (Lipinski definition) is 14. The lowest BCUT2D eigenvalue weighted by molar-refractivity contribution is -0.339. The van der Waals surface area contributed by atoms with Crippen LogP contribution in [0.25, 0.3) is 11.1 Å². The number of phenolic OH excluding ortho intramolecular Hbond substituents is 11. The molecule has 9 rings (SSSR count). The normalized spacial score (nSPS) is 25.7. The Morgan fingerprint density at radius 1 is 0.574 bits per heavy atom. The number of fused-ring (bicyclic) bond motifs is 4. The number of phenols is 11. The number of ketones is 1. The zero-order chi connectivity index (χ0) is 49.4. The zero-order valence-electron chi connectivity index (χ0n) is 33.2. The largest absolute Gasteiger partial charge is 0.504 e. The summed E-state index contributed by atoms with van der Waals surface area (Å²) >= 11 is 0. The zero-order valence-corrected chi connectivity index (χ0v) is 33.2. The predicted molar refractivity (Wildman–Crippen MR) is 204 cm³/mol. The van der Waals surface area contributed by atoms with Gasteiger partial charge in [0.2, 0.25) is 35.4 Å². The van der Waals surface area contributed by atoms with E-state index in [2.05, 4.69) is 0 Å². The molecule has 1 aliphatic carbocycles. The minimum absolute atomic E-state index is 0.264. The molecule has 0 aromatic heterocycles. The fraction of sp³-hybridized carbons (Fsp3) is 0.220. The molecule has 4 aromatic carbocycles. The van der Waals surface area contributed by atoms with Crippen LogP contribution in [0.1, 0.15) is 52.9 Å². The Hall–Kier alpha value is -8.92. The van der Waals surface area contributed by atoms with E-state index in [1.54, 1.807) is 0 Å². The van der Waals surface area contributed by atoms with Gasteiger partial charge in [0.25, 0.3) is 5.79 Å². The van der Waals surface area contributed by atoms with Crippen molar-refractivity contribution in [3.8, 4) is 80.1 Å². The van der Waals surface area contributed by atoms with Crippen LogP contribution >= 0.6 is 0 Å². The molecule has 4 aliphatic heterocycles. The van der Waals surface area contributed by atoms with Crippen molar-refractivity contribution >= 4 is 35.6 Å². The molecule has 4 aromatic rings. The highest BCUT2D eigenvalue weighted by atomic mass is 16.8. The predicted octanol–water partition coefficient (Wildman–Crippen LogP) is -1.10. The summed E-state index contributed by atoms with van der Waals surface area (Å²) in [5.41, 5.74) is -8.48. The number of aliphatic hydroxyl groups is 3. The minimum atomic E-state index is -3.98. The maximum atomic E-state index is 14.6. The van der Waals surface area contributed by atoms with Crippen molar-refractivity contribution in [2.45, 2.75) is 48.2 Å². The topological polar surface area (TPSA) is 450 Å². The number of esters is 5. The van der Waals surface area contributed by atoms with Crippen molar-refractivity contribution in [2.24, 2.45) is 0 Å². The summed E-state index contributed by atoms with van der Waals surface area (Å²) < 4.78 is 38.9. The van der Waals surface area contributed by atoms with Gasteiger partial charge in [-0.2, -0.15) is 0 Å². The van der Waals surface area contributed by atoms with Crippen molar-refractivity contribution < 1.29 is 133 Å². The quantitative estimate of drug-likeness (QED) is 0.0491. The molecule has 5 aliphatic rings. The summed E-state index contributed by atoms with van der Waals surface area (Å²) in [5, 5.41) is 150. The molecular formula is C41H28O27. The van der Waals surface area contributed by atoms with Crippen molar-refractivity contribution in [3.63, 3.8) is 0 Å². The fourth-order valence-electron chi connectivity index (χ4n) is 8.25. The van der Waals surface area contributed by atoms with E-state index in [0.717, 1.165) is 0 Å². The molecule has 1 saturated heterocycles. The Morgan fingerprint density at radius 2 is 1.07 bits per heavy atom. The van der Waals surface area contributed by atoms with Crippen LogP contribution in [-0.2, 0) is 38.0 Å². The van der Waals surface area contributed by atoms with E-state index in [-0.39, 0.29) is 6.08 Å². The van der Waals surface area contributed by atoms with Crippen molar-refractivity contribution in [2.75, 3.05) is 6.61 Å². The van der Waals surface area contributed by atoms with Gasteiger partial charge in [-0.3, -0.25) is 4.79 Å². The molecule has 27 heteroatoms.